The molecule has 2 rings (SSSR count). The number of aryl methyl sites for hydroxylation is 2. The largest absolute Gasteiger partial charge is 0.322 e. The van der Waals surface area contributed by atoms with Crippen LogP contribution in [0.4, 0.5) is 5.69 Å². The molecule has 2 aromatic rings. The van der Waals surface area contributed by atoms with Gasteiger partial charge in [-0.25, -0.2) is 0 Å². The number of amides is 1. The van der Waals surface area contributed by atoms with Crippen LogP contribution in [0.2, 0.25) is 0 Å². The van der Waals surface area contributed by atoms with Crippen LogP contribution < -0.4 is 5.32 Å². The average molecular weight is 334 g/mol. The maximum atomic E-state index is 12.4. The number of nitrogens with zero attached hydrogens (tertiary/aromatic N) is 2. The molecule has 0 radical (unpaired) electrons. The molecule has 1 N–H and O–H groups in total. The van der Waals surface area contributed by atoms with Crippen LogP contribution in [0, 0.1) is 6.92 Å². The first-order valence-corrected chi connectivity index (χ1v) is 7.55. The molecular weight excluding hydrogens is 318 g/mol. The molecule has 0 saturated carbocycles. The summed E-state index contributed by atoms with van der Waals surface area (Å²) in [5.74, 6) is -0.147. The van der Waals surface area contributed by atoms with E-state index in [0.717, 1.165) is 22.3 Å². The SMILES string of the molecule is CCc1nnc(C)cc1C(=O)Nc1cccc(CBr)c1. The molecule has 0 unspecified atom stereocenters. The molecular formula is C15H16BrN3O. The normalized spacial score (nSPS) is 10.3. The Morgan fingerprint density at radius 1 is 1.30 bits per heavy atom. The quantitative estimate of drug-likeness (QED) is 0.871. The Labute approximate surface area is 126 Å². The minimum atomic E-state index is -0.147. The van der Waals surface area contributed by atoms with Crippen molar-refractivity contribution in [3.8, 4) is 0 Å². The van der Waals surface area contributed by atoms with Gasteiger partial charge in [-0.3, -0.25) is 4.79 Å². The Morgan fingerprint density at radius 3 is 2.80 bits per heavy atom. The lowest BCUT2D eigenvalue weighted by Crippen LogP contribution is -2.16. The number of hydrogen-bond acceptors (Lipinski definition) is 3. The van der Waals surface area contributed by atoms with E-state index in [-0.39, 0.29) is 5.91 Å². The highest BCUT2D eigenvalue weighted by atomic mass is 79.9. The summed E-state index contributed by atoms with van der Waals surface area (Å²) in [6.45, 7) is 3.79. The number of aromatic nitrogens is 2. The van der Waals surface area contributed by atoms with Crippen molar-refractivity contribution in [2.24, 2.45) is 0 Å². The molecule has 0 saturated heterocycles. The lowest BCUT2D eigenvalue weighted by atomic mass is 10.1. The van der Waals surface area contributed by atoms with Gasteiger partial charge in [-0.1, -0.05) is 35.0 Å². The lowest BCUT2D eigenvalue weighted by molar-refractivity contribution is 0.102. The van der Waals surface area contributed by atoms with Gasteiger partial charge in [0.1, 0.15) is 0 Å². The van der Waals surface area contributed by atoms with E-state index in [0.29, 0.717) is 17.7 Å². The van der Waals surface area contributed by atoms with Gasteiger partial charge in [-0.15, -0.1) is 0 Å². The molecule has 104 valence electrons. The molecule has 0 aliphatic carbocycles. The maximum absolute atomic E-state index is 12.4. The van der Waals surface area contributed by atoms with E-state index in [4.69, 9.17) is 0 Å². The highest BCUT2D eigenvalue weighted by Gasteiger charge is 2.13. The van der Waals surface area contributed by atoms with Crippen LogP contribution in [0.15, 0.2) is 30.3 Å². The minimum Gasteiger partial charge on any atom is -0.322 e. The van der Waals surface area contributed by atoms with E-state index in [2.05, 4.69) is 31.4 Å². The number of anilines is 1. The van der Waals surface area contributed by atoms with E-state index in [1.54, 1.807) is 6.07 Å². The van der Waals surface area contributed by atoms with Gasteiger partial charge in [0, 0.05) is 11.0 Å². The second-order valence-electron chi connectivity index (χ2n) is 4.49. The van der Waals surface area contributed by atoms with Crippen molar-refractivity contribution >= 4 is 27.5 Å². The fraction of sp³-hybridized carbons (Fsp3) is 0.267. The second kappa shape index (κ2) is 6.61. The van der Waals surface area contributed by atoms with Gasteiger partial charge in [0.05, 0.1) is 17.0 Å². The number of benzene rings is 1. The molecule has 20 heavy (non-hydrogen) atoms. The minimum absolute atomic E-state index is 0.147. The van der Waals surface area contributed by atoms with E-state index in [1.165, 1.54) is 0 Å². The molecule has 0 aliphatic heterocycles. The standard InChI is InChI=1S/C15H16BrN3O/c1-3-14-13(7-10(2)18-19-14)15(20)17-12-6-4-5-11(8-12)9-16/h4-8H,3,9H2,1-2H3,(H,17,20). The summed E-state index contributed by atoms with van der Waals surface area (Å²) >= 11 is 3.40. The van der Waals surface area contributed by atoms with E-state index >= 15 is 0 Å². The van der Waals surface area contributed by atoms with Crippen molar-refractivity contribution in [2.75, 3.05) is 5.32 Å². The number of nitrogens with one attached hydrogen (secondary N) is 1. The Morgan fingerprint density at radius 2 is 2.10 bits per heavy atom. The first-order chi connectivity index (χ1) is 9.63. The van der Waals surface area contributed by atoms with Crippen molar-refractivity contribution in [3.05, 3.63) is 52.8 Å². The zero-order valence-electron chi connectivity index (χ0n) is 11.5. The van der Waals surface area contributed by atoms with E-state index in [1.807, 2.05) is 38.1 Å². The zero-order valence-corrected chi connectivity index (χ0v) is 13.1. The van der Waals surface area contributed by atoms with Gasteiger partial charge in [0.2, 0.25) is 0 Å². The van der Waals surface area contributed by atoms with Gasteiger partial charge in [0.15, 0.2) is 0 Å². The van der Waals surface area contributed by atoms with Crippen LogP contribution in [-0.4, -0.2) is 16.1 Å². The highest BCUT2D eigenvalue weighted by Crippen LogP contribution is 2.15. The van der Waals surface area contributed by atoms with Crippen molar-refractivity contribution in [1.29, 1.82) is 0 Å². The predicted molar refractivity (Wildman–Crippen MR) is 83.2 cm³/mol. The Hall–Kier alpha value is -1.75. The number of alkyl halides is 1. The summed E-state index contributed by atoms with van der Waals surface area (Å²) in [4.78, 5) is 12.4. The summed E-state index contributed by atoms with van der Waals surface area (Å²) in [6.07, 6.45) is 0.678. The van der Waals surface area contributed by atoms with Crippen LogP contribution in [0.3, 0.4) is 0 Å². The smallest absolute Gasteiger partial charge is 0.257 e. The monoisotopic (exact) mass is 333 g/mol. The molecule has 4 nitrogen and oxygen atoms in total. The van der Waals surface area contributed by atoms with E-state index in [9.17, 15) is 4.79 Å². The molecule has 0 fully saturated rings. The molecule has 0 aliphatic rings. The highest BCUT2D eigenvalue weighted by molar-refractivity contribution is 9.08. The summed E-state index contributed by atoms with van der Waals surface area (Å²) in [5.41, 5.74) is 3.93. The van der Waals surface area contributed by atoms with Gasteiger partial charge < -0.3 is 5.32 Å². The number of carbonyl (C=O) groups is 1. The molecule has 1 aromatic carbocycles. The van der Waals surface area contributed by atoms with Crippen molar-refractivity contribution in [3.63, 3.8) is 0 Å². The first-order valence-electron chi connectivity index (χ1n) is 6.43. The molecule has 1 aromatic heterocycles. The summed E-state index contributed by atoms with van der Waals surface area (Å²) < 4.78 is 0. The third-order valence-electron chi connectivity index (χ3n) is 2.91. The third kappa shape index (κ3) is 3.42. The topological polar surface area (TPSA) is 54.9 Å². The second-order valence-corrected chi connectivity index (χ2v) is 5.05. The predicted octanol–water partition coefficient (Wildman–Crippen LogP) is 3.49. The molecule has 0 atom stereocenters. The average Bonchev–Trinajstić information content (AvgIpc) is 2.47. The zero-order chi connectivity index (χ0) is 14.5. The Kier molecular flexibility index (Phi) is 4.84. The van der Waals surface area contributed by atoms with E-state index < -0.39 is 0 Å². The van der Waals surface area contributed by atoms with Gasteiger partial charge in [-0.05, 0) is 37.1 Å². The van der Waals surface area contributed by atoms with Crippen LogP contribution in [0.1, 0.15) is 34.2 Å². The van der Waals surface area contributed by atoms with Crippen molar-refractivity contribution in [2.45, 2.75) is 25.6 Å². The Bertz CT molecular complexity index is 628. The maximum Gasteiger partial charge on any atom is 0.257 e. The fourth-order valence-corrected chi connectivity index (χ4v) is 2.25. The first kappa shape index (κ1) is 14.7. The van der Waals surface area contributed by atoms with Gasteiger partial charge in [0.25, 0.3) is 5.91 Å². The number of carbonyl (C=O) groups excluding carboxylic acids is 1. The summed E-state index contributed by atoms with van der Waals surface area (Å²) in [6, 6.07) is 9.51. The van der Waals surface area contributed by atoms with Crippen molar-refractivity contribution in [1.82, 2.24) is 10.2 Å². The van der Waals surface area contributed by atoms with Gasteiger partial charge in [-0.2, -0.15) is 10.2 Å². The molecule has 0 spiro atoms. The molecule has 1 heterocycles. The number of hydrogen-bond donors (Lipinski definition) is 1. The molecule has 1 amide bonds. The fourth-order valence-electron chi connectivity index (χ4n) is 1.90. The lowest BCUT2D eigenvalue weighted by Gasteiger charge is -2.09. The van der Waals surface area contributed by atoms with Gasteiger partial charge >= 0.3 is 0 Å². The van der Waals surface area contributed by atoms with Crippen LogP contribution in [0.5, 0.6) is 0 Å². The van der Waals surface area contributed by atoms with Crippen LogP contribution >= 0.6 is 15.9 Å². The van der Waals surface area contributed by atoms with Crippen LogP contribution in [-0.2, 0) is 11.8 Å². The third-order valence-corrected chi connectivity index (χ3v) is 3.56. The molecule has 0 bridgehead atoms. The summed E-state index contributed by atoms with van der Waals surface area (Å²) in [5, 5.41) is 11.7. The van der Waals surface area contributed by atoms with Crippen molar-refractivity contribution < 1.29 is 4.79 Å². The van der Waals surface area contributed by atoms with Crippen LogP contribution in [0.25, 0.3) is 0 Å². The number of rotatable bonds is 4. The number of halogens is 1. The Balaban J connectivity index is 2.25. The molecule has 5 heteroatoms. The summed E-state index contributed by atoms with van der Waals surface area (Å²) in [7, 11) is 0.